The molecule has 19 heavy (non-hydrogen) atoms. The molecule has 1 unspecified atom stereocenters. The Morgan fingerprint density at radius 3 is 2.89 bits per heavy atom. The molecule has 2 fully saturated rings. The van der Waals surface area contributed by atoms with E-state index in [9.17, 15) is 5.26 Å². The molecule has 0 saturated carbocycles. The Morgan fingerprint density at radius 2 is 2.00 bits per heavy atom. The number of rotatable bonds is 2. The molecule has 1 atom stereocenters. The molecule has 0 aromatic heterocycles. The lowest BCUT2D eigenvalue weighted by atomic mass is 10.1. The second kappa shape index (κ2) is 5.73. The Kier molecular flexibility index (Phi) is 3.82. The molecule has 0 bridgehead atoms. The van der Waals surface area contributed by atoms with Crippen LogP contribution in [0.3, 0.4) is 0 Å². The van der Waals surface area contributed by atoms with E-state index >= 15 is 0 Å². The first-order valence-electron chi connectivity index (χ1n) is 7.31. The number of benzene rings is 1. The van der Waals surface area contributed by atoms with Crippen molar-refractivity contribution in [1.29, 1.82) is 5.26 Å². The summed E-state index contributed by atoms with van der Waals surface area (Å²) in [5, 5.41) is 9.18. The van der Waals surface area contributed by atoms with Gasteiger partial charge in [-0.2, -0.15) is 5.26 Å². The fraction of sp³-hybridized carbons (Fsp3) is 0.562. The third-order valence-electron chi connectivity index (χ3n) is 4.42. The predicted octanol–water partition coefficient (Wildman–Crippen LogP) is 2.23. The number of hydrogen-bond donors (Lipinski definition) is 0. The molecule has 2 saturated heterocycles. The highest BCUT2D eigenvalue weighted by atomic mass is 15.3. The summed E-state index contributed by atoms with van der Waals surface area (Å²) < 4.78 is 0. The summed E-state index contributed by atoms with van der Waals surface area (Å²) in [5.41, 5.74) is 2.01. The topological polar surface area (TPSA) is 30.3 Å². The quantitative estimate of drug-likeness (QED) is 0.812. The van der Waals surface area contributed by atoms with Crippen LogP contribution in [0, 0.1) is 11.3 Å². The van der Waals surface area contributed by atoms with Crippen LogP contribution < -0.4 is 0 Å². The van der Waals surface area contributed by atoms with E-state index < -0.39 is 0 Å². The smallest absolute Gasteiger partial charge is 0.0995 e. The highest BCUT2D eigenvalue weighted by Crippen LogP contribution is 2.22. The van der Waals surface area contributed by atoms with Gasteiger partial charge in [0.1, 0.15) is 0 Å². The zero-order valence-corrected chi connectivity index (χ0v) is 11.4. The first-order chi connectivity index (χ1) is 9.36. The summed E-state index contributed by atoms with van der Waals surface area (Å²) >= 11 is 0. The minimum Gasteiger partial charge on any atom is -0.299 e. The molecule has 3 heteroatoms. The molecular weight excluding hydrogens is 234 g/mol. The summed E-state index contributed by atoms with van der Waals surface area (Å²) in [5.74, 6) is 0. The van der Waals surface area contributed by atoms with Gasteiger partial charge < -0.3 is 0 Å². The second-order valence-corrected chi connectivity index (χ2v) is 5.69. The largest absolute Gasteiger partial charge is 0.299 e. The molecule has 1 aromatic carbocycles. The van der Waals surface area contributed by atoms with Gasteiger partial charge in [0, 0.05) is 19.1 Å². The highest BCUT2D eigenvalue weighted by molar-refractivity contribution is 5.37. The maximum atomic E-state index is 9.18. The highest BCUT2D eigenvalue weighted by Gasteiger charge is 2.28. The Balaban J connectivity index is 1.70. The average Bonchev–Trinajstić information content (AvgIpc) is 2.78. The van der Waals surface area contributed by atoms with Crippen LogP contribution in [0.25, 0.3) is 0 Å². The lowest BCUT2D eigenvalue weighted by molar-refractivity contribution is 0.215. The van der Waals surface area contributed by atoms with Gasteiger partial charge in [-0.25, -0.2) is 0 Å². The van der Waals surface area contributed by atoms with E-state index in [0.29, 0.717) is 0 Å². The van der Waals surface area contributed by atoms with Gasteiger partial charge in [-0.3, -0.25) is 9.80 Å². The van der Waals surface area contributed by atoms with E-state index in [0.717, 1.165) is 24.7 Å². The summed E-state index contributed by atoms with van der Waals surface area (Å²) in [6.07, 6.45) is 3.95. The standard InChI is InChI=1S/C16H21N3/c17-11-14-5-1-2-6-15(14)12-18-8-4-10-19-9-3-7-16(19)13-18/h1-2,5-6,16H,3-4,7-10,12-13H2. The molecule has 0 aliphatic carbocycles. The van der Waals surface area contributed by atoms with Crippen LogP contribution >= 0.6 is 0 Å². The first-order valence-corrected chi connectivity index (χ1v) is 7.31. The fourth-order valence-electron chi connectivity index (χ4n) is 3.43. The summed E-state index contributed by atoms with van der Waals surface area (Å²) in [4.78, 5) is 5.18. The zero-order valence-electron chi connectivity index (χ0n) is 11.4. The van der Waals surface area contributed by atoms with Crippen molar-refractivity contribution in [3.63, 3.8) is 0 Å². The molecular formula is C16H21N3. The number of nitriles is 1. The van der Waals surface area contributed by atoms with Gasteiger partial charge in [-0.05, 0) is 50.5 Å². The lowest BCUT2D eigenvalue weighted by Crippen LogP contribution is -2.36. The van der Waals surface area contributed by atoms with Gasteiger partial charge in [-0.15, -0.1) is 0 Å². The van der Waals surface area contributed by atoms with E-state index in [1.165, 1.54) is 44.5 Å². The number of fused-ring (bicyclic) bond motifs is 1. The van der Waals surface area contributed by atoms with Gasteiger partial charge in [0.25, 0.3) is 0 Å². The lowest BCUT2D eigenvalue weighted by Gasteiger charge is -2.25. The molecule has 100 valence electrons. The van der Waals surface area contributed by atoms with Crippen molar-refractivity contribution < 1.29 is 0 Å². The maximum Gasteiger partial charge on any atom is 0.0995 e. The molecule has 3 nitrogen and oxygen atoms in total. The molecule has 0 amide bonds. The summed E-state index contributed by atoms with van der Waals surface area (Å²) in [6.45, 7) is 5.79. The van der Waals surface area contributed by atoms with Crippen LogP contribution in [-0.2, 0) is 6.54 Å². The summed E-state index contributed by atoms with van der Waals surface area (Å²) in [6, 6.07) is 11.1. The second-order valence-electron chi connectivity index (χ2n) is 5.69. The van der Waals surface area contributed by atoms with Crippen LogP contribution in [0.4, 0.5) is 0 Å². The Hall–Kier alpha value is -1.37. The van der Waals surface area contributed by atoms with Crippen LogP contribution in [0.5, 0.6) is 0 Å². The molecule has 2 aliphatic rings. The zero-order chi connectivity index (χ0) is 13.1. The Bertz CT molecular complexity index is 477. The van der Waals surface area contributed by atoms with Crippen molar-refractivity contribution in [1.82, 2.24) is 9.80 Å². The average molecular weight is 255 g/mol. The Morgan fingerprint density at radius 1 is 1.16 bits per heavy atom. The third-order valence-corrected chi connectivity index (χ3v) is 4.42. The van der Waals surface area contributed by atoms with Crippen LogP contribution in [0.15, 0.2) is 24.3 Å². The molecule has 2 heterocycles. The van der Waals surface area contributed by atoms with E-state index in [1.807, 2.05) is 18.2 Å². The molecule has 2 aliphatic heterocycles. The first kappa shape index (κ1) is 12.7. The molecule has 3 rings (SSSR count). The van der Waals surface area contributed by atoms with Gasteiger partial charge in [0.2, 0.25) is 0 Å². The van der Waals surface area contributed by atoms with Crippen molar-refractivity contribution in [3.05, 3.63) is 35.4 Å². The van der Waals surface area contributed by atoms with Gasteiger partial charge in [0.15, 0.2) is 0 Å². The summed E-state index contributed by atoms with van der Waals surface area (Å²) in [7, 11) is 0. The SMILES string of the molecule is N#Cc1ccccc1CN1CCCN2CCCC2C1. The van der Waals surface area contributed by atoms with Gasteiger partial charge >= 0.3 is 0 Å². The number of hydrogen-bond acceptors (Lipinski definition) is 3. The fourth-order valence-corrected chi connectivity index (χ4v) is 3.43. The van der Waals surface area contributed by atoms with Crippen LogP contribution in [0.2, 0.25) is 0 Å². The van der Waals surface area contributed by atoms with Gasteiger partial charge in [0.05, 0.1) is 11.6 Å². The minimum absolute atomic E-state index is 0.747. The number of nitrogens with zero attached hydrogens (tertiary/aromatic N) is 3. The van der Waals surface area contributed by atoms with E-state index in [2.05, 4.69) is 21.9 Å². The predicted molar refractivity (Wildman–Crippen MR) is 75.6 cm³/mol. The van der Waals surface area contributed by atoms with Crippen molar-refractivity contribution in [2.45, 2.75) is 31.8 Å². The van der Waals surface area contributed by atoms with Crippen LogP contribution in [0.1, 0.15) is 30.4 Å². The van der Waals surface area contributed by atoms with E-state index in [4.69, 9.17) is 0 Å². The molecule has 0 spiro atoms. The normalized spacial score (nSPS) is 24.7. The van der Waals surface area contributed by atoms with Crippen molar-refractivity contribution in [2.75, 3.05) is 26.2 Å². The molecule has 0 N–H and O–H groups in total. The molecule has 1 aromatic rings. The van der Waals surface area contributed by atoms with Crippen molar-refractivity contribution in [3.8, 4) is 6.07 Å². The van der Waals surface area contributed by atoms with Crippen LogP contribution in [-0.4, -0.2) is 42.0 Å². The third kappa shape index (κ3) is 2.80. The Labute approximate surface area is 115 Å². The van der Waals surface area contributed by atoms with Crippen molar-refractivity contribution in [2.24, 2.45) is 0 Å². The van der Waals surface area contributed by atoms with E-state index in [-0.39, 0.29) is 0 Å². The monoisotopic (exact) mass is 255 g/mol. The van der Waals surface area contributed by atoms with Gasteiger partial charge in [-0.1, -0.05) is 18.2 Å². The van der Waals surface area contributed by atoms with E-state index in [1.54, 1.807) is 0 Å². The maximum absolute atomic E-state index is 9.18. The molecule has 0 radical (unpaired) electrons. The van der Waals surface area contributed by atoms with Crippen molar-refractivity contribution >= 4 is 0 Å². The minimum atomic E-state index is 0.747.